The van der Waals surface area contributed by atoms with Crippen LogP contribution in [0.2, 0.25) is 0 Å². The summed E-state index contributed by atoms with van der Waals surface area (Å²) in [7, 11) is 0. The summed E-state index contributed by atoms with van der Waals surface area (Å²) >= 11 is 0. The predicted octanol–water partition coefficient (Wildman–Crippen LogP) is 18.8. The normalized spacial score (nSPS) is 12.5. The first-order valence-corrected chi connectivity index (χ1v) is 25.2. The molecule has 73 heavy (non-hydrogen) atoms. The van der Waals surface area contributed by atoms with Gasteiger partial charge in [0.1, 0.15) is 0 Å². The maximum atomic E-state index is 2.47. The van der Waals surface area contributed by atoms with E-state index in [0.29, 0.717) is 0 Å². The molecule has 0 unspecified atom stereocenters. The van der Waals surface area contributed by atoms with Gasteiger partial charge < -0.3 is 9.47 Å². The average Bonchev–Trinajstić information content (AvgIpc) is 3.96. The Bertz CT molecular complexity index is 4130. The molecular weight excluding hydrogens is 881 g/mol. The van der Waals surface area contributed by atoms with Crippen molar-refractivity contribution in [2.45, 2.75) is 5.41 Å². The highest BCUT2D eigenvalue weighted by Gasteiger charge is 2.46. The molecule has 0 radical (unpaired) electrons. The Morgan fingerprint density at radius 3 is 1.55 bits per heavy atom. The number of rotatable bonds is 9. The summed E-state index contributed by atoms with van der Waals surface area (Å²) in [5, 5.41) is 4.88. The third-order valence-electron chi connectivity index (χ3n) is 15.3. The number of benzene rings is 12. The second-order valence-corrected chi connectivity index (χ2v) is 19.2. The summed E-state index contributed by atoms with van der Waals surface area (Å²) in [6.07, 6.45) is 0. The van der Waals surface area contributed by atoms with Gasteiger partial charge in [0, 0.05) is 33.2 Å². The van der Waals surface area contributed by atoms with Gasteiger partial charge in [0.05, 0.1) is 22.1 Å². The molecular formula is C71H48N2. The molecule has 1 aromatic heterocycles. The van der Waals surface area contributed by atoms with Crippen molar-refractivity contribution < 1.29 is 0 Å². The molecule has 342 valence electrons. The Morgan fingerprint density at radius 2 is 0.795 bits per heavy atom. The quantitative estimate of drug-likeness (QED) is 0.140. The monoisotopic (exact) mass is 928 g/mol. The number of aromatic nitrogens is 1. The fourth-order valence-corrected chi connectivity index (χ4v) is 11.9. The molecule has 13 aromatic rings. The van der Waals surface area contributed by atoms with Crippen molar-refractivity contribution in [3.8, 4) is 50.2 Å². The first-order valence-electron chi connectivity index (χ1n) is 25.2. The summed E-state index contributed by atoms with van der Waals surface area (Å²) in [4.78, 5) is 2.47. The highest BCUT2D eigenvalue weighted by atomic mass is 15.1. The molecule has 0 aliphatic heterocycles. The van der Waals surface area contributed by atoms with Crippen LogP contribution in [0, 0.1) is 0 Å². The van der Waals surface area contributed by atoms with Gasteiger partial charge in [0.15, 0.2) is 0 Å². The molecule has 1 aliphatic rings. The summed E-state index contributed by atoms with van der Waals surface area (Å²) in [5.74, 6) is 0. The van der Waals surface area contributed by atoms with E-state index in [1.165, 1.54) is 88.2 Å². The van der Waals surface area contributed by atoms with Crippen LogP contribution in [0.3, 0.4) is 0 Å². The first kappa shape index (κ1) is 42.4. The van der Waals surface area contributed by atoms with Crippen LogP contribution >= 0.6 is 0 Å². The van der Waals surface area contributed by atoms with Crippen molar-refractivity contribution in [1.82, 2.24) is 4.57 Å². The minimum absolute atomic E-state index is 0.519. The van der Waals surface area contributed by atoms with Crippen molar-refractivity contribution in [2.75, 3.05) is 4.90 Å². The fraction of sp³-hybridized carbons (Fsp3) is 0.0141. The second kappa shape index (κ2) is 17.4. The predicted molar refractivity (Wildman–Crippen MR) is 307 cm³/mol. The summed E-state index contributed by atoms with van der Waals surface area (Å²) in [6, 6.07) is 107. The highest BCUT2D eigenvalue weighted by Crippen LogP contribution is 2.57. The number of anilines is 3. The molecule has 0 amide bonds. The van der Waals surface area contributed by atoms with Gasteiger partial charge in [-0.1, -0.05) is 231 Å². The minimum atomic E-state index is -0.519. The van der Waals surface area contributed by atoms with Gasteiger partial charge in [0.25, 0.3) is 0 Å². The van der Waals surface area contributed by atoms with E-state index in [1.54, 1.807) is 0 Å². The Balaban J connectivity index is 0.863. The molecule has 0 spiro atoms. The molecule has 2 heteroatoms. The zero-order chi connectivity index (χ0) is 48.3. The van der Waals surface area contributed by atoms with Crippen LogP contribution in [0.4, 0.5) is 17.1 Å². The number of fused-ring (bicyclic) bond motifs is 7. The smallest absolute Gasteiger partial charge is 0.0714 e. The van der Waals surface area contributed by atoms with Crippen LogP contribution in [0.25, 0.3) is 82.8 Å². The molecule has 0 N–H and O–H groups in total. The van der Waals surface area contributed by atoms with E-state index < -0.39 is 5.41 Å². The highest BCUT2D eigenvalue weighted by molar-refractivity contribution is 6.10. The summed E-state index contributed by atoms with van der Waals surface area (Å²) in [5.41, 5.74) is 21.1. The zero-order valence-corrected chi connectivity index (χ0v) is 40.1. The van der Waals surface area contributed by atoms with Crippen molar-refractivity contribution in [1.29, 1.82) is 0 Å². The SMILES string of the molecule is c1ccc(-c2ccc(-n3c4ccccc4c4cc(-c5ccc(-c6cccc(N(c7ccc8c(c7)C(c7ccccc7)(c7ccccc7)c7ccccc7-8)c7cccc8ccccc78)c6)cc5)ccc43)cc2)cc1. The lowest BCUT2D eigenvalue weighted by atomic mass is 9.67. The van der Waals surface area contributed by atoms with Crippen molar-refractivity contribution in [3.63, 3.8) is 0 Å². The van der Waals surface area contributed by atoms with Crippen molar-refractivity contribution >= 4 is 49.6 Å². The number of para-hydroxylation sites is 1. The van der Waals surface area contributed by atoms with E-state index in [4.69, 9.17) is 0 Å². The number of hydrogen-bond acceptors (Lipinski definition) is 1. The largest absolute Gasteiger partial charge is 0.310 e. The van der Waals surface area contributed by atoms with Crippen molar-refractivity contribution in [3.05, 3.63) is 313 Å². The Labute approximate surface area is 426 Å². The van der Waals surface area contributed by atoms with Crippen LogP contribution in [0.5, 0.6) is 0 Å². The molecule has 2 nitrogen and oxygen atoms in total. The number of hydrogen-bond donors (Lipinski definition) is 0. The van der Waals surface area contributed by atoms with Crippen LogP contribution in [0.1, 0.15) is 22.3 Å². The van der Waals surface area contributed by atoms with E-state index >= 15 is 0 Å². The molecule has 14 rings (SSSR count). The molecule has 0 atom stereocenters. The maximum Gasteiger partial charge on any atom is 0.0714 e. The van der Waals surface area contributed by atoms with E-state index in [2.05, 4.69) is 301 Å². The van der Waals surface area contributed by atoms with Gasteiger partial charge in [-0.25, -0.2) is 0 Å². The van der Waals surface area contributed by atoms with Crippen LogP contribution in [-0.4, -0.2) is 4.57 Å². The standard InChI is InChI=1S/C71H48N2/c1-4-18-49(19-5-1)50-38-41-58(42-39-50)73-69-32-15-13-30-64(69)65-47-55(40-45-70(65)73)52-36-34-51(35-37-52)54-22-16-27-59(46-54)72(68-33-17-21-53-20-10-11-28-61(53)68)60-43-44-63-62-29-12-14-31-66(62)71(67(63)48-60,56-23-6-2-7-24-56)57-25-8-3-9-26-57/h1-48H. The summed E-state index contributed by atoms with van der Waals surface area (Å²) < 4.78 is 2.39. The molecule has 0 fully saturated rings. The third-order valence-corrected chi connectivity index (χ3v) is 15.3. The van der Waals surface area contributed by atoms with Crippen LogP contribution < -0.4 is 4.90 Å². The van der Waals surface area contributed by atoms with E-state index in [1.807, 2.05) is 0 Å². The lowest BCUT2D eigenvalue weighted by Crippen LogP contribution is -2.28. The van der Waals surface area contributed by atoms with E-state index in [0.717, 1.165) is 33.9 Å². The fourth-order valence-electron chi connectivity index (χ4n) is 11.9. The molecule has 12 aromatic carbocycles. The Kier molecular flexibility index (Phi) is 10.1. The van der Waals surface area contributed by atoms with E-state index in [9.17, 15) is 0 Å². The van der Waals surface area contributed by atoms with Crippen molar-refractivity contribution in [2.24, 2.45) is 0 Å². The zero-order valence-electron chi connectivity index (χ0n) is 40.1. The van der Waals surface area contributed by atoms with Crippen LogP contribution in [-0.2, 0) is 5.41 Å². The molecule has 0 saturated carbocycles. The minimum Gasteiger partial charge on any atom is -0.310 e. The average molecular weight is 929 g/mol. The Morgan fingerprint density at radius 1 is 0.288 bits per heavy atom. The van der Waals surface area contributed by atoms with E-state index in [-0.39, 0.29) is 0 Å². The maximum absolute atomic E-state index is 2.47. The van der Waals surface area contributed by atoms with Gasteiger partial charge in [-0.3, -0.25) is 0 Å². The molecule has 1 aliphatic carbocycles. The van der Waals surface area contributed by atoms with Crippen LogP contribution in [0.15, 0.2) is 291 Å². The summed E-state index contributed by atoms with van der Waals surface area (Å²) in [6.45, 7) is 0. The Hall–Kier alpha value is -9.50. The van der Waals surface area contributed by atoms with Gasteiger partial charge in [-0.2, -0.15) is 0 Å². The lowest BCUT2D eigenvalue weighted by Gasteiger charge is -2.35. The number of nitrogens with zero attached hydrogens (tertiary/aromatic N) is 2. The van der Waals surface area contributed by atoms with Gasteiger partial charge in [0.2, 0.25) is 0 Å². The lowest BCUT2D eigenvalue weighted by molar-refractivity contribution is 0.768. The van der Waals surface area contributed by atoms with Gasteiger partial charge in [-0.05, 0) is 133 Å². The molecule has 0 saturated heterocycles. The topological polar surface area (TPSA) is 8.17 Å². The second-order valence-electron chi connectivity index (χ2n) is 19.2. The molecule has 0 bridgehead atoms. The van der Waals surface area contributed by atoms with Gasteiger partial charge in [-0.15, -0.1) is 0 Å². The first-order chi connectivity index (χ1) is 36.2. The molecule has 1 heterocycles. The van der Waals surface area contributed by atoms with Gasteiger partial charge >= 0.3 is 0 Å². The third kappa shape index (κ3) is 6.94.